The molecule has 0 aliphatic carbocycles. The molecule has 2 saturated heterocycles. The summed E-state index contributed by atoms with van der Waals surface area (Å²) in [5, 5.41) is 2.94. The van der Waals surface area contributed by atoms with E-state index in [1.807, 2.05) is 29.2 Å². The van der Waals surface area contributed by atoms with Crippen molar-refractivity contribution in [3.05, 3.63) is 29.8 Å². The first-order chi connectivity index (χ1) is 12.0. The first-order valence-electron chi connectivity index (χ1n) is 8.90. The second kappa shape index (κ2) is 7.64. The highest BCUT2D eigenvalue weighted by Gasteiger charge is 2.32. The van der Waals surface area contributed by atoms with E-state index in [1.165, 1.54) is 0 Å². The van der Waals surface area contributed by atoms with Gasteiger partial charge in [0.15, 0.2) is 9.84 Å². The molecule has 138 valence electrons. The average Bonchev–Trinajstić information content (AvgIpc) is 2.80. The largest absolute Gasteiger partial charge is 0.497 e. The molecular formula is C18H26N2O4S. The van der Waals surface area contributed by atoms with E-state index in [4.69, 9.17) is 4.74 Å². The van der Waals surface area contributed by atoms with E-state index >= 15 is 0 Å². The molecule has 0 spiro atoms. The summed E-state index contributed by atoms with van der Waals surface area (Å²) in [6.07, 6.45) is 4.59. The summed E-state index contributed by atoms with van der Waals surface area (Å²) in [7, 11) is -1.36. The maximum absolute atomic E-state index is 12.8. The number of ether oxygens (including phenoxy) is 1. The molecule has 6 nitrogen and oxygen atoms in total. The fourth-order valence-electron chi connectivity index (χ4n) is 3.69. The second-order valence-corrected chi connectivity index (χ2v) is 9.11. The molecule has 2 atom stereocenters. The van der Waals surface area contributed by atoms with E-state index in [-0.39, 0.29) is 29.6 Å². The van der Waals surface area contributed by atoms with E-state index in [1.54, 1.807) is 7.11 Å². The van der Waals surface area contributed by atoms with Crippen molar-refractivity contribution in [2.75, 3.05) is 25.2 Å². The van der Waals surface area contributed by atoms with Crippen LogP contribution < -0.4 is 10.1 Å². The normalized spacial score (nSPS) is 26.0. The van der Waals surface area contributed by atoms with Gasteiger partial charge in [-0.15, -0.1) is 0 Å². The van der Waals surface area contributed by atoms with Crippen LogP contribution in [0.2, 0.25) is 0 Å². The Bertz CT molecular complexity index is 702. The number of carbonyl (C=O) groups is 1. The highest BCUT2D eigenvalue weighted by Crippen LogP contribution is 2.31. The second-order valence-electron chi connectivity index (χ2n) is 6.88. The van der Waals surface area contributed by atoms with Crippen molar-refractivity contribution >= 4 is 15.9 Å². The Labute approximate surface area is 149 Å². The zero-order valence-electron chi connectivity index (χ0n) is 14.6. The molecule has 1 N–H and O–H groups in total. The van der Waals surface area contributed by atoms with Crippen LogP contribution >= 0.6 is 0 Å². The fourth-order valence-corrected chi connectivity index (χ4v) is 5.36. The van der Waals surface area contributed by atoms with Gasteiger partial charge in [-0.25, -0.2) is 13.2 Å². The number of methoxy groups -OCH3 is 1. The van der Waals surface area contributed by atoms with Crippen molar-refractivity contribution in [3.8, 4) is 5.75 Å². The quantitative estimate of drug-likeness (QED) is 0.892. The standard InChI is InChI=1S/C18H26N2O4S/c1-24-16-8-6-14(7-9-16)17-5-3-2-4-11-20(17)18(21)19-15-10-12-25(22,23)13-15/h6-9,15,17H,2-5,10-13H2,1H3,(H,19,21)/t15-,17-/m1/s1. The minimum Gasteiger partial charge on any atom is -0.497 e. The van der Waals surface area contributed by atoms with Gasteiger partial charge in [-0.2, -0.15) is 0 Å². The van der Waals surface area contributed by atoms with Gasteiger partial charge in [0.05, 0.1) is 24.7 Å². The molecular weight excluding hydrogens is 340 g/mol. The third-order valence-electron chi connectivity index (χ3n) is 5.07. The third-order valence-corrected chi connectivity index (χ3v) is 6.84. The van der Waals surface area contributed by atoms with Gasteiger partial charge in [-0.3, -0.25) is 0 Å². The maximum atomic E-state index is 12.8. The molecule has 0 unspecified atom stereocenters. The van der Waals surface area contributed by atoms with Gasteiger partial charge in [0.1, 0.15) is 5.75 Å². The van der Waals surface area contributed by atoms with Crippen LogP contribution in [0.15, 0.2) is 24.3 Å². The Morgan fingerprint density at radius 2 is 1.92 bits per heavy atom. The van der Waals surface area contributed by atoms with Crippen LogP contribution in [0.3, 0.4) is 0 Å². The van der Waals surface area contributed by atoms with Crippen molar-refractivity contribution in [1.29, 1.82) is 0 Å². The van der Waals surface area contributed by atoms with Crippen molar-refractivity contribution in [1.82, 2.24) is 10.2 Å². The van der Waals surface area contributed by atoms with Crippen LogP contribution in [0.25, 0.3) is 0 Å². The van der Waals surface area contributed by atoms with E-state index in [0.717, 1.165) is 37.0 Å². The minimum absolute atomic E-state index is 0.0198. The predicted molar refractivity (Wildman–Crippen MR) is 96.5 cm³/mol. The Morgan fingerprint density at radius 1 is 1.16 bits per heavy atom. The first-order valence-corrected chi connectivity index (χ1v) is 10.7. The molecule has 25 heavy (non-hydrogen) atoms. The number of nitrogens with zero attached hydrogens (tertiary/aromatic N) is 1. The lowest BCUT2D eigenvalue weighted by molar-refractivity contribution is 0.173. The van der Waals surface area contributed by atoms with Gasteiger partial charge in [-0.1, -0.05) is 25.0 Å². The summed E-state index contributed by atoms with van der Waals surface area (Å²) in [4.78, 5) is 14.7. The number of rotatable bonds is 3. The molecule has 7 heteroatoms. The van der Waals surface area contributed by atoms with E-state index < -0.39 is 9.84 Å². The molecule has 1 aromatic carbocycles. The lowest BCUT2D eigenvalue weighted by Gasteiger charge is -2.31. The van der Waals surface area contributed by atoms with Gasteiger partial charge in [0.25, 0.3) is 0 Å². The number of hydrogen-bond acceptors (Lipinski definition) is 4. The summed E-state index contributed by atoms with van der Waals surface area (Å²) in [6, 6.07) is 7.46. The molecule has 2 fully saturated rings. The predicted octanol–water partition coefficient (Wildman–Crippen LogP) is 2.51. The Kier molecular flexibility index (Phi) is 5.51. The van der Waals surface area contributed by atoms with Crippen molar-refractivity contribution in [3.63, 3.8) is 0 Å². The van der Waals surface area contributed by atoms with Crippen LogP contribution in [0.4, 0.5) is 4.79 Å². The van der Waals surface area contributed by atoms with Crippen LogP contribution in [-0.2, 0) is 9.84 Å². The highest BCUT2D eigenvalue weighted by molar-refractivity contribution is 7.91. The van der Waals surface area contributed by atoms with Gasteiger partial charge < -0.3 is 15.0 Å². The minimum atomic E-state index is -3.00. The molecule has 2 aliphatic rings. The Morgan fingerprint density at radius 3 is 2.56 bits per heavy atom. The SMILES string of the molecule is COc1ccc([C@H]2CCCCCN2C(=O)N[C@@H]2CCS(=O)(=O)C2)cc1. The van der Waals surface area contributed by atoms with Crippen LogP contribution in [0, 0.1) is 0 Å². The highest BCUT2D eigenvalue weighted by atomic mass is 32.2. The lowest BCUT2D eigenvalue weighted by Crippen LogP contribution is -2.46. The topological polar surface area (TPSA) is 75.7 Å². The van der Waals surface area contributed by atoms with E-state index in [2.05, 4.69) is 5.32 Å². The first kappa shape index (κ1) is 18.0. The summed E-state index contributed by atoms with van der Waals surface area (Å²) < 4.78 is 28.5. The van der Waals surface area contributed by atoms with Crippen LogP contribution in [-0.4, -0.2) is 50.6 Å². The number of amides is 2. The zero-order valence-corrected chi connectivity index (χ0v) is 15.4. The molecule has 1 aromatic rings. The summed E-state index contributed by atoms with van der Waals surface area (Å²) in [5.41, 5.74) is 1.09. The molecule has 2 aliphatic heterocycles. The fraction of sp³-hybridized carbons (Fsp3) is 0.611. The smallest absolute Gasteiger partial charge is 0.318 e. The Hall–Kier alpha value is -1.76. The molecule has 3 rings (SSSR count). The monoisotopic (exact) mass is 366 g/mol. The summed E-state index contributed by atoms with van der Waals surface area (Å²) in [5.74, 6) is 1.02. The molecule has 0 bridgehead atoms. The van der Waals surface area contributed by atoms with Crippen LogP contribution in [0.5, 0.6) is 5.75 Å². The van der Waals surface area contributed by atoms with Crippen molar-refractivity contribution in [2.45, 2.75) is 44.2 Å². The average molecular weight is 366 g/mol. The van der Waals surface area contributed by atoms with Crippen molar-refractivity contribution in [2.24, 2.45) is 0 Å². The number of urea groups is 1. The number of benzene rings is 1. The van der Waals surface area contributed by atoms with Crippen LogP contribution in [0.1, 0.15) is 43.7 Å². The summed E-state index contributed by atoms with van der Waals surface area (Å²) in [6.45, 7) is 0.696. The lowest BCUT2D eigenvalue weighted by atomic mass is 10.0. The summed E-state index contributed by atoms with van der Waals surface area (Å²) >= 11 is 0. The Balaban J connectivity index is 1.74. The third kappa shape index (κ3) is 4.45. The number of hydrogen-bond donors (Lipinski definition) is 1. The number of carbonyl (C=O) groups excluding carboxylic acids is 1. The number of sulfone groups is 1. The van der Waals surface area contributed by atoms with E-state index in [9.17, 15) is 13.2 Å². The number of nitrogens with one attached hydrogen (secondary N) is 1. The molecule has 0 aromatic heterocycles. The maximum Gasteiger partial charge on any atom is 0.318 e. The van der Waals surface area contributed by atoms with E-state index in [0.29, 0.717) is 13.0 Å². The van der Waals surface area contributed by atoms with Crippen molar-refractivity contribution < 1.29 is 17.9 Å². The molecule has 0 radical (unpaired) electrons. The molecule has 2 heterocycles. The molecule has 2 amide bonds. The molecule has 0 saturated carbocycles. The number of likely N-dealkylation sites (tertiary alicyclic amines) is 1. The van der Waals surface area contributed by atoms with Gasteiger partial charge >= 0.3 is 6.03 Å². The van der Waals surface area contributed by atoms with Gasteiger partial charge in [0, 0.05) is 12.6 Å². The zero-order chi connectivity index (χ0) is 17.9. The van der Waals surface area contributed by atoms with Gasteiger partial charge in [0.2, 0.25) is 0 Å². The van der Waals surface area contributed by atoms with Gasteiger partial charge in [-0.05, 0) is 37.0 Å².